The zero-order valence-corrected chi connectivity index (χ0v) is 11.5. The molecule has 2 aromatic rings. The van der Waals surface area contributed by atoms with Gasteiger partial charge in [-0.25, -0.2) is 0 Å². The van der Waals surface area contributed by atoms with Crippen LogP contribution in [0.5, 0.6) is 0 Å². The number of halogens is 1. The first-order chi connectivity index (χ1) is 8.26. The normalized spacial score (nSPS) is 12.8. The number of alkyl halides is 1. The van der Waals surface area contributed by atoms with E-state index in [1.807, 2.05) is 30.5 Å². The Balaban J connectivity index is 2.48. The first-order valence-corrected chi connectivity index (χ1v) is 7.02. The van der Waals surface area contributed by atoms with Crippen molar-refractivity contribution in [2.24, 2.45) is 5.92 Å². The monoisotopic (exact) mass is 293 g/mol. The minimum atomic E-state index is 0.101. The van der Waals surface area contributed by atoms with Crippen molar-refractivity contribution in [3.63, 3.8) is 0 Å². The Morgan fingerprint density at radius 1 is 1.29 bits per heavy atom. The van der Waals surface area contributed by atoms with E-state index in [1.54, 1.807) is 6.07 Å². The molecule has 0 aliphatic heterocycles. The third-order valence-corrected chi connectivity index (χ3v) is 4.05. The summed E-state index contributed by atoms with van der Waals surface area (Å²) in [6.45, 7) is 3.14. The summed E-state index contributed by atoms with van der Waals surface area (Å²) in [4.78, 5) is 11.7. The number of fused-ring (bicyclic) bond motifs is 1. The summed E-state index contributed by atoms with van der Waals surface area (Å²) in [5.41, 5.74) is 1.13. The SMILES string of the molecule is CCC(CBr)Cn1ccc(=O)c2ccccc21. The molecule has 1 aromatic carbocycles. The summed E-state index contributed by atoms with van der Waals surface area (Å²) in [5, 5.41) is 1.80. The molecule has 2 rings (SSSR count). The molecule has 3 heteroatoms. The standard InChI is InChI=1S/C14H16BrNO/c1-2-11(9-15)10-16-8-7-14(17)12-5-3-4-6-13(12)16/h3-8,11H,2,9-10H2,1H3. The number of benzene rings is 1. The smallest absolute Gasteiger partial charge is 0.189 e. The first-order valence-electron chi connectivity index (χ1n) is 5.90. The van der Waals surface area contributed by atoms with Crippen LogP contribution in [0.1, 0.15) is 13.3 Å². The van der Waals surface area contributed by atoms with E-state index in [9.17, 15) is 4.79 Å². The van der Waals surface area contributed by atoms with E-state index in [0.717, 1.165) is 29.2 Å². The summed E-state index contributed by atoms with van der Waals surface area (Å²) < 4.78 is 2.17. The lowest BCUT2D eigenvalue weighted by Crippen LogP contribution is -2.14. The van der Waals surface area contributed by atoms with Crippen LogP contribution in [0.15, 0.2) is 41.3 Å². The molecule has 17 heavy (non-hydrogen) atoms. The third kappa shape index (κ3) is 2.60. The number of aromatic nitrogens is 1. The Morgan fingerprint density at radius 3 is 2.76 bits per heavy atom. The summed E-state index contributed by atoms with van der Waals surface area (Å²) in [7, 11) is 0. The number of nitrogens with zero attached hydrogens (tertiary/aromatic N) is 1. The molecular weight excluding hydrogens is 278 g/mol. The summed E-state index contributed by atoms with van der Waals surface area (Å²) in [6, 6.07) is 9.45. The van der Waals surface area contributed by atoms with Gasteiger partial charge in [-0.3, -0.25) is 4.79 Å². The molecule has 1 unspecified atom stereocenters. The van der Waals surface area contributed by atoms with Crippen LogP contribution in [0.2, 0.25) is 0 Å². The van der Waals surface area contributed by atoms with Gasteiger partial charge in [0.05, 0.1) is 5.52 Å². The fourth-order valence-corrected chi connectivity index (χ4v) is 2.65. The molecule has 0 radical (unpaired) electrons. The maximum absolute atomic E-state index is 11.7. The van der Waals surface area contributed by atoms with E-state index in [2.05, 4.69) is 27.4 Å². The highest BCUT2D eigenvalue weighted by molar-refractivity contribution is 9.09. The van der Waals surface area contributed by atoms with E-state index >= 15 is 0 Å². The lowest BCUT2D eigenvalue weighted by Gasteiger charge is -2.16. The molecule has 0 fully saturated rings. The lowest BCUT2D eigenvalue weighted by molar-refractivity contribution is 0.486. The van der Waals surface area contributed by atoms with Gasteiger partial charge in [0.15, 0.2) is 5.43 Å². The average Bonchev–Trinajstić information content (AvgIpc) is 2.38. The quantitative estimate of drug-likeness (QED) is 0.792. The lowest BCUT2D eigenvalue weighted by atomic mass is 10.1. The van der Waals surface area contributed by atoms with Crippen molar-refractivity contribution >= 4 is 26.8 Å². The molecule has 1 heterocycles. The zero-order chi connectivity index (χ0) is 12.3. The number of hydrogen-bond donors (Lipinski definition) is 0. The first kappa shape index (κ1) is 12.4. The third-order valence-electron chi connectivity index (χ3n) is 3.14. The van der Waals surface area contributed by atoms with E-state index in [1.165, 1.54) is 0 Å². The highest BCUT2D eigenvalue weighted by Crippen LogP contribution is 2.15. The van der Waals surface area contributed by atoms with Crippen molar-refractivity contribution in [2.75, 3.05) is 5.33 Å². The molecule has 0 spiro atoms. The van der Waals surface area contributed by atoms with E-state index in [4.69, 9.17) is 0 Å². The maximum Gasteiger partial charge on any atom is 0.189 e. The molecule has 0 saturated heterocycles. The second-order valence-corrected chi connectivity index (χ2v) is 4.93. The van der Waals surface area contributed by atoms with Crippen molar-refractivity contribution in [3.05, 3.63) is 46.8 Å². The van der Waals surface area contributed by atoms with E-state index in [0.29, 0.717) is 5.92 Å². The van der Waals surface area contributed by atoms with Gasteiger partial charge in [0.1, 0.15) is 0 Å². The number of pyridine rings is 1. The van der Waals surface area contributed by atoms with Crippen LogP contribution in [-0.2, 0) is 6.54 Å². The fourth-order valence-electron chi connectivity index (χ4n) is 1.98. The summed E-state index contributed by atoms with van der Waals surface area (Å²) in [5.74, 6) is 0.598. The molecule has 2 nitrogen and oxygen atoms in total. The number of para-hydroxylation sites is 1. The van der Waals surface area contributed by atoms with Gasteiger partial charge >= 0.3 is 0 Å². The molecule has 0 amide bonds. The summed E-state index contributed by atoms with van der Waals surface area (Å²) in [6.07, 6.45) is 3.03. The van der Waals surface area contributed by atoms with E-state index in [-0.39, 0.29) is 5.43 Å². The molecule has 90 valence electrons. The second kappa shape index (κ2) is 5.50. The Labute approximate surface area is 109 Å². The molecule has 0 saturated carbocycles. The van der Waals surface area contributed by atoms with Crippen LogP contribution in [0.25, 0.3) is 10.9 Å². The van der Waals surface area contributed by atoms with Crippen LogP contribution in [0, 0.1) is 5.92 Å². The van der Waals surface area contributed by atoms with Gasteiger partial charge in [0.25, 0.3) is 0 Å². The Hall–Kier alpha value is -1.09. The molecule has 1 atom stereocenters. The molecule has 1 aromatic heterocycles. The van der Waals surface area contributed by atoms with Crippen LogP contribution in [0.4, 0.5) is 0 Å². The van der Waals surface area contributed by atoms with Gasteiger partial charge in [0, 0.05) is 29.5 Å². The minimum Gasteiger partial charge on any atom is -0.347 e. The Kier molecular flexibility index (Phi) is 4.00. The van der Waals surface area contributed by atoms with Crippen LogP contribution in [-0.4, -0.2) is 9.90 Å². The Bertz CT molecular complexity index is 557. The molecule has 0 aliphatic carbocycles. The highest BCUT2D eigenvalue weighted by Gasteiger charge is 2.07. The average molecular weight is 294 g/mol. The Morgan fingerprint density at radius 2 is 2.06 bits per heavy atom. The van der Waals surface area contributed by atoms with Crippen molar-refractivity contribution < 1.29 is 0 Å². The number of hydrogen-bond acceptors (Lipinski definition) is 1. The molecule has 0 aliphatic rings. The van der Waals surface area contributed by atoms with Crippen molar-refractivity contribution in [3.8, 4) is 0 Å². The predicted octanol–water partition coefficient (Wildman–Crippen LogP) is 3.42. The van der Waals surface area contributed by atoms with E-state index < -0.39 is 0 Å². The fraction of sp³-hybridized carbons (Fsp3) is 0.357. The van der Waals surface area contributed by atoms with Gasteiger partial charge < -0.3 is 4.57 Å². The van der Waals surface area contributed by atoms with Gasteiger partial charge in [-0.1, -0.05) is 41.4 Å². The molecular formula is C14H16BrNO. The minimum absolute atomic E-state index is 0.101. The van der Waals surface area contributed by atoms with Crippen molar-refractivity contribution in [1.29, 1.82) is 0 Å². The second-order valence-electron chi connectivity index (χ2n) is 4.28. The van der Waals surface area contributed by atoms with Crippen LogP contribution >= 0.6 is 15.9 Å². The van der Waals surface area contributed by atoms with Gasteiger partial charge in [-0.05, 0) is 18.1 Å². The topological polar surface area (TPSA) is 22.0 Å². The van der Waals surface area contributed by atoms with Gasteiger partial charge in [-0.15, -0.1) is 0 Å². The van der Waals surface area contributed by atoms with Crippen molar-refractivity contribution in [1.82, 2.24) is 4.57 Å². The zero-order valence-electron chi connectivity index (χ0n) is 9.90. The number of rotatable bonds is 4. The largest absolute Gasteiger partial charge is 0.347 e. The highest BCUT2D eigenvalue weighted by atomic mass is 79.9. The molecule has 0 bridgehead atoms. The maximum atomic E-state index is 11.7. The van der Waals surface area contributed by atoms with Gasteiger partial charge in [0.2, 0.25) is 0 Å². The van der Waals surface area contributed by atoms with Crippen LogP contribution in [0.3, 0.4) is 0 Å². The molecule has 0 N–H and O–H groups in total. The van der Waals surface area contributed by atoms with Crippen molar-refractivity contribution in [2.45, 2.75) is 19.9 Å². The predicted molar refractivity (Wildman–Crippen MR) is 75.8 cm³/mol. The van der Waals surface area contributed by atoms with Gasteiger partial charge in [-0.2, -0.15) is 0 Å². The summed E-state index contributed by atoms with van der Waals surface area (Å²) >= 11 is 3.54. The van der Waals surface area contributed by atoms with Crippen LogP contribution < -0.4 is 5.43 Å².